The van der Waals surface area contributed by atoms with Crippen molar-refractivity contribution in [1.82, 2.24) is 9.55 Å². The highest BCUT2D eigenvalue weighted by Gasteiger charge is 2.17. The maximum absolute atomic E-state index is 13.1. The van der Waals surface area contributed by atoms with Gasteiger partial charge >= 0.3 is 0 Å². The Morgan fingerprint density at radius 1 is 1.00 bits per heavy atom. The molecule has 0 atom stereocenters. The van der Waals surface area contributed by atoms with Crippen LogP contribution in [-0.2, 0) is 0 Å². The molecule has 0 amide bonds. The molecule has 5 nitrogen and oxygen atoms in total. The van der Waals surface area contributed by atoms with Crippen LogP contribution in [-0.4, -0.2) is 33.9 Å². The number of piperidine rings is 1. The molecule has 5 rings (SSSR count). The summed E-state index contributed by atoms with van der Waals surface area (Å²) in [5, 5.41) is 10.4. The summed E-state index contributed by atoms with van der Waals surface area (Å²) in [7, 11) is 0. The average Bonchev–Trinajstić information content (AvgIpc) is 3.21. The van der Waals surface area contributed by atoms with E-state index in [4.69, 9.17) is 11.6 Å². The molecule has 152 valence electrons. The van der Waals surface area contributed by atoms with Gasteiger partial charge in [-0.05, 0) is 60.9 Å². The van der Waals surface area contributed by atoms with Gasteiger partial charge in [-0.2, -0.15) is 0 Å². The molecule has 1 aliphatic heterocycles. The molecule has 1 N–H and O–H groups in total. The lowest BCUT2D eigenvalue weighted by Gasteiger charge is -2.31. The Morgan fingerprint density at radius 3 is 2.37 bits per heavy atom. The number of anilines is 1. The predicted octanol–water partition coefficient (Wildman–Crippen LogP) is 4.73. The molecule has 0 unspecified atom stereocenters. The van der Waals surface area contributed by atoms with Crippen LogP contribution in [0.3, 0.4) is 0 Å². The van der Waals surface area contributed by atoms with Crippen molar-refractivity contribution in [2.24, 2.45) is 0 Å². The molecule has 0 aliphatic carbocycles. The van der Waals surface area contributed by atoms with Crippen molar-refractivity contribution in [3.8, 4) is 16.1 Å². The first-order chi connectivity index (χ1) is 14.6. The fourth-order valence-corrected chi connectivity index (χ4v) is 4.97. The van der Waals surface area contributed by atoms with E-state index >= 15 is 0 Å². The van der Waals surface area contributed by atoms with Crippen LogP contribution in [0.4, 0.5) is 5.69 Å². The second-order valence-corrected chi connectivity index (χ2v) is 8.97. The summed E-state index contributed by atoms with van der Waals surface area (Å²) in [6, 6.07) is 17.5. The van der Waals surface area contributed by atoms with E-state index in [0.717, 1.165) is 47.7 Å². The molecular weight excluding hydrogens is 418 g/mol. The van der Waals surface area contributed by atoms with Gasteiger partial charge in [-0.1, -0.05) is 23.7 Å². The smallest absolute Gasteiger partial charge is 0.275 e. The lowest BCUT2D eigenvalue weighted by molar-refractivity contribution is 0.145. The van der Waals surface area contributed by atoms with Crippen molar-refractivity contribution in [2.45, 2.75) is 18.9 Å². The van der Waals surface area contributed by atoms with Gasteiger partial charge < -0.3 is 10.0 Å². The van der Waals surface area contributed by atoms with Crippen LogP contribution in [0, 0.1) is 0 Å². The van der Waals surface area contributed by atoms with Crippen LogP contribution in [0.2, 0.25) is 5.02 Å². The number of hydrogen-bond acceptors (Lipinski definition) is 5. The van der Waals surface area contributed by atoms with E-state index in [1.165, 1.54) is 11.3 Å². The number of aliphatic hydroxyl groups is 1. The third kappa shape index (κ3) is 3.62. The van der Waals surface area contributed by atoms with Crippen LogP contribution in [0.1, 0.15) is 12.8 Å². The zero-order valence-electron chi connectivity index (χ0n) is 16.2. The number of thiophene rings is 1. The normalized spacial score (nSPS) is 15.1. The summed E-state index contributed by atoms with van der Waals surface area (Å²) in [4.78, 5) is 20.9. The van der Waals surface area contributed by atoms with Crippen molar-refractivity contribution in [2.75, 3.05) is 18.0 Å². The maximum Gasteiger partial charge on any atom is 0.275 e. The first kappa shape index (κ1) is 19.3. The minimum atomic E-state index is -0.194. The first-order valence-corrected chi connectivity index (χ1v) is 11.1. The molecule has 0 bridgehead atoms. The number of hydrogen-bond donors (Lipinski definition) is 1. The van der Waals surface area contributed by atoms with Crippen molar-refractivity contribution in [3.05, 3.63) is 76.3 Å². The Kier molecular flexibility index (Phi) is 5.06. The molecule has 0 saturated carbocycles. The monoisotopic (exact) mass is 437 g/mol. The fraction of sp³-hybridized carbons (Fsp3) is 0.217. The van der Waals surface area contributed by atoms with Gasteiger partial charge in [-0.25, -0.2) is 4.98 Å². The molecule has 1 aliphatic rings. The van der Waals surface area contributed by atoms with Crippen LogP contribution in [0.25, 0.3) is 26.3 Å². The molecule has 2 aromatic carbocycles. The Labute approximate surface area is 182 Å². The first-order valence-electron chi connectivity index (χ1n) is 9.89. The number of aliphatic hydroxyl groups excluding tert-OH is 1. The van der Waals surface area contributed by atoms with Gasteiger partial charge in [0.2, 0.25) is 0 Å². The van der Waals surface area contributed by atoms with E-state index < -0.39 is 0 Å². The van der Waals surface area contributed by atoms with Crippen LogP contribution >= 0.6 is 22.9 Å². The topological polar surface area (TPSA) is 58.4 Å². The maximum atomic E-state index is 13.1. The molecule has 30 heavy (non-hydrogen) atoms. The Morgan fingerprint density at radius 2 is 1.67 bits per heavy atom. The van der Waals surface area contributed by atoms with Crippen molar-refractivity contribution >= 4 is 38.8 Å². The minimum absolute atomic E-state index is 0.0703. The van der Waals surface area contributed by atoms with Gasteiger partial charge in [0.25, 0.3) is 5.56 Å². The van der Waals surface area contributed by atoms with Gasteiger partial charge in [0.15, 0.2) is 0 Å². The second kappa shape index (κ2) is 7.87. The molecule has 1 fully saturated rings. The van der Waals surface area contributed by atoms with Gasteiger partial charge in [-0.15, -0.1) is 11.3 Å². The van der Waals surface area contributed by atoms with E-state index in [-0.39, 0.29) is 11.7 Å². The number of halogens is 1. The SMILES string of the molecule is O=c1c2sc(-c3ccc(Cl)cc3)cc2ncn1-c1ccc(N2CCC(O)CC2)cc1. The lowest BCUT2D eigenvalue weighted by Crippen LogP contribution is -2.35. The van der Waals surface area contributed by atoms with Gasteiger partial charge in [-0.3, -0.25) is 9.36 Å². The number of rotatable bonds is 3. The van der Waals surface area contributed by atoms with Gasteiger partial charge in [0.1, 0.15) is 11.0 Å². The van der Waals surface area contributed by atoms with Crippen LogP contribution < -0.4 is 10.5 Å². The Hall–Kier alpha value is -2.67. The highest BCUT2D eigenvalue weighted by atomic mass is 35.5. The average molecular weight is 438 g/mol. The van der Waals surface area contributed by atoms with E-state index in [1.54, 1.807) is 10.9 Å². The number of aromatic nitrogens is 2. The highest BCUT2D eigenvalue weighted by Crippen LogP contribution is 2.31. The van der Waals surface area contributed by atoms with Crippen molar-refractivity contribution in [1.29, 1.82) is 0 Å². The van der Waals surface area contributed by atoms with Crippen molar-refractivity contribution < 1.29 is 5.11 Å². The van der Waals surface area contributed by atoms with Crippen LogP contribution in [0.15, 0.2) is 65.7 Å². The largest absolute Gasteiger partial charge is 0.393 e. The third-order valence-corrected chi connectivity index (χ3v) is 6.94. The number of fused-ring (bicyclic) bond motifs is 1. The zero-order valence-corrected chi connectivity index (χ0v) is 17.7. The zero-order chi connectivity index (χ0) is 20.7. The summed E-state index contributed by atoms with van der Waals surface area (Å²) in [6.07, 6.45) is 2.97. The summed E-state index contributed by atoms with van der Waals surface area (Å²) >= 11 is 7.43. The Balaban J connectivity index is 1.46. The second-order valence-electron chi connectivity index (χ2n) is 7.49. The van der Waals surface area contributed by atoms with Gasteiger partial charge in [0, 0.05) is 28.7 Å². The van der Waals surface area contributed by atoms with E-state index in [2.05, 4.69) is 9.88 Å². The van der Waals surface area contributed by atoms with Crippen molar-refractivity contribution in [3.63, 3.8) is 0 Å². The third-order valence-electron chi connectivity index (χ3n) is 5.52. The summed E-state index contributed by atoms with van der Waals surface area (Å²) in [5.74, 6) is 0. The highest BCUT2D eigenvalue weighted by molar-refractivity contribution is 7.22. The molecule has 3 heterocycles. The molecule has 2 aromatic heterocycles. The van der Waals surface area contributed by atoms with Gasteiger partial charge in [0.05, 0.1) is 17.3 Å². The molecular formula is C23H20ClN3O2S. The minimum Gasteiger partial charge on any atom is -0.393 e. The quantitative estimate of drug-likeness (QED) is 0.503. The summed E-state index contributed by atoms with van der Waals surface area (Å²) in [6.45, 7) is 1.69. The fourth-order valence-electron chi connectivity index (χ4n) is 3.80. The van der Waals surface area contributed by atoms with E-state index in [9.17, 15) is 9.90 Å². The molecule has 0 spiro atoms. The number of benzene rings is 2. The summed E-state index contributed by atoms with van der Waals surface area (Å²) in [5.41, 5.74) is 3.55. The lowest BCUT2D eigenvalue weighted by atomic mass is 10.1. The van der Waals surface area contributed by atoms with Crippen LogP contribution in [0.5, 0.6) is 0 Å². The molecule has 0 radical (unpaired) electrons. The number of nitrogens with zero attached hydrogens (tertiary/aromatic N) is 3. The Bertz CT molecular complexity index is 1240. The van der Waals surface area contributed by atoms with E-state index in [0.29, 0.717) is 15.2 Å². The molecule has 4 aromatic rings. The summed E-state index contributed by atoms with van der Waals surface area (Å²) < 4.78 is 2.23. The predicted molar refractivity (Wildman–Crippen MR) is 123 cm³/mol. The van der Waals surface area contributed by atoms with E-state index in [1.807, 2.05) is 54.6 Å². The molecule has 7 heteroatoms. The molecule has 1 saturated heterocycles. The standard InChI is InChI=1S/C23H20ClN3O2S/c24-16-3-1-15(2-4-16)21-13-20-22(30-21)23(29)27(14-25-20)18-7-5-17(6-8-18)26-11-9-19(28)10-12-26/h1-8,13-14,19,28H,9-12H2.